The molecule has 0 fully saturated rings. The number of aromatic nitrogens is 2. The van der Waals surface area contributed by atoms with Crippen LogP contribution in [0.25, 0.3) is 33.3 Å². The summed E-state index contributed by atoms with van der Waals surface area (Å²) >= 11 is 0. The fourth-order valence-electron chi connectivity index (χ4n) is 4.41. The van der Waals surface area contributed by atoms with E-state index < -0.39 is 0 Å². The van der Waals surface area contributed by atoms with Crippen LogP contribution in [0.5, 0.6) is 17.4 Å². The second-order valence-electron chi connectivity index (χ2n) is 9.29. The molecule has 4 aromatic rings. The Labute approximate surface area is 207 Å². The average molecular weight is 474 g/mol. The molecule has 1 N–H and O–H groups in total. The second kappa shape index (κ2) is 10.8. The van der Waals surface area contributed by atoms with Gasteiger partial charge in [0, 0.05) is 40.8 Å². The van der Waals surface area contributed by atoms with Crippen LogP contribution in [0, 0.1) is 0 Å². The Morgan fingerprint density at radius 3 is 2.29 bits per heavy atom. The van der Waals surface area contributed by atoms with Crippen LogP contribution < -0.4 is 14.2 Å². The first kappa shape index (κ1) is 24.6. The maximum atomic E-state index is 5.79. The van der Waals surface area contributed by atoms with Crippen LogP contribution in [0.4, 0.5) is 0 Å². The van der Waals surface area contributed by atoms with Crippen molar-refractivity contribution in [1.29, 1.82) is 0 Å². The van der Waals surface area contributed by atoms with Crippen molar-refractivity contribution >= 4 is 10.9 Å². The molecule has 35 heavy (non-hydrogen) atoms. The van der Waals surface area contributed by atoms with Gasteiger partial charge >= 0.3 is 0 Å². The maximum Gasteiger partial charge on any atom is 0.213 e. The predicted molar refractivity (Wildman–Crippen MR) is 143 cm³/mol. The van der Waals surface area contributed by atoms with Crippen LogP contribution in [0.2, 0.25) is 0 Å². The summed E-state index contributed by atoms with van der Waals surface area (Å²) in [4.78, 5) is 10.3. The number of methoxy groups -OCH3 is 2. The summed E-state index contributed by atoms with van der Waals surface area (Å²) in [6.07, 6.45) is 2.86. The van der Waals surface area contributed by atoms with Gasteiger partial charge in [-0.15, -0.1) is 0 Å². The number of aromatic amines is 1. The lowest BCUT2D eigenvalue weighted by Crippen LogP contribution is -2.15. The fourth-order valence-corrected chi connectivity index (χ4v) is 4.41. The second-order valence-corrected chi connectivity index (χ2v) is 9.29. The number of fused-ring (bicyclic) bond motifs is 1. The summed E-state index contributed by atoms with van der Waals surface area (Å²) < 4.78 is 16.8. The molecule has 2 aromatic carbocycles. The summed E-state index contributed by atoms with van der Waals surface area (Å²) in [6.45, 7) is 6.11. The molecule has 0 atom stereocenters. The number of H-pyrrole nitrogens is 1. The molecule has 0 bridgehead atoms. The molecule has 0 saturated carbocycles. The monoisotopic (exact) mass is 473 g/mol. The highest BCUT2D eigenvalue weighted by Gasteiger charge is 2.18. The Hall–Kier alpha value is -3.51. The normalized spacial score (nSPS) is 11.4. The number of nitrogens with one attached hydrogen (secondary N) is 1. The smallest absolute Gasteiger partial charge is 0.213 e. The van der Waals surface area contributed by atoms with Crippen molar-refractivity contribution in [3.05, 3.63) is 60.3 Å². The lowest BCUT2D eigenvalue weighted by molar-refractivity contribution is 0.273. The molecule has 0 amide bonds. The minimum atomic E-state index is 0.332. The van der Waals surface area contributed by atoms with E-state index in [4.69, 9.17) is 14.2 Å². The Bertz CT molecular complexity index is 1280. The van der Waals surface area contributed by atoms with Gasteiger partial charge in [0.25, 0.3) is 0 Å². The molecule has 0 aliphatic heterocycles. The molecule has 0 aliphatic rings. The van der Waals surface area contributed by atoms with Crippen LogP contribution in [0.1, 0.15) is 31.7 Å². The van der Waals surface area contributed by atoms with Crippen LogP contribution in [0.3, 0.4) is 0 Å². The first-order chi connectivity index (χ1) is 16.9. The van der Waals surface area contributed by atoms with E-state index in [1.54, 1.807) is 14.2 Å². The Balaban J connectivity index is 1.65. The first-order valence-electron chi connectivity index (χ1n) is 12.0. The van der Waals surface area contributed by atoms with Gasteiger partial charge in [0.15, 0.2) is 11.5 Å². The van der Waals surface area contributed by atoms with Gasteiger partial charge in [-0.2, -0.15) is 0 Å². The number of hydrogen-bond donors (Lipinski definition) is 1. The average Bonchev–Trinajstić information content (AvgIpc) is 3.25. The zero-order chi connectivity index (χ0) is 24.9. The molecular formula is C29H35N3O3. The van der Waals surface area contributed by atoms with E-state index in [0.717, 1.165) is 46.6 Å². The van der Waals surface area contributed by atoms with E-state index in [0.29, 0.717) is 24.2 Å². The molecule has 4 rings (SSSR count). The number of pyridine rings is 1. The molecule has 0 unspecified atom stereocenters. The lowest BCUT2D eigenvalue weighted by atomic mass is 9.94. The predicted octanol–water partition coefficient (Wildman–Crippen LogP) is 6.37. The third kappa shape index (κ3) is 5.43. The van der Waals surface area contributed by atoms with Gasteiger partial charge in [-0.1, -0.05) is 19.9 Å². The van der Waals surface area contributed by atoms with Crippen molar-refractivity contribution in [3.8, 4) is 39.8 Å². The van der Waals surface area contributed by atoms with Crippen LogP contribution >= 0.6 is 0 Å². The minimum Gasteiger partial charge on any atom is -0.493 e. The third-order valence-electron chi connectivity index (χ3n) is 6.16. The number of ether oxygens (including phenoxy) is 3. The molecule has 184 valence electrons. The SMILES string of the molecule is COc1ccc(-c2[nH]c3ccc(-c4ccc(OCCCN(C)C)nc4)cc3c2C(C)C)cc1OC. The zero-order valence-electron chi connectivity index (χ0n) is 21.5. The molecule has 2 aromatic heterocycles. The van der Waals surface area contributed by atoms with Crippen molar-refractivity contribution in [3.63, 3.8) is 0 Å². The van der Waals surface area contributed by atoms with Gasteiger partial charge in [-0.25, -0.2) is 4.98 Å². The zero-order valence-corrected chi connectivity index (χ0v) is 21.5. The molecule has 6 nitrogen and oxygen atoms in total. The quantitative estimate of drug-likeness (QED) is 0.271. The van der Waals surface area contributed by atoms with E-state index >= 15 is 0 Å². The van der Waals surface area contributed by atoms with Gasteiger partial charge < -0.3 is 24.1 Å². The molecule has 6 heteroatoms. The standard InChI is InChI=1S/C29H35N3O3/c1-19(2)28-23-16-20(22-10-13-27(30-18-22)35-15-7-14-32(3)4)8-11-24(23)31-29(28)21-9-12-25(33-5)26(17-21)34-6/h8-13,16-19,31H,7,14-15H2,1-6H3. The van der Waals surface area contributed by atoms with Gasteiger partial charge in [0.2, 0.25) is 5.88 Å². The van der Waals surface area contributed by atoms with Crippen molar-refractivity contribution in [1.82, 2.24) is 14.9 Å². The molecular weight excluding hydrogens is 438 g/mol. The fraction of sp³-hybridized carbons (Fsp3) is 0.345. The van der Waals surface area contributed by atoms with Crippen molar-refractivity contribution < 1.29 is 14.2 Å². The summed E-state index contributed by atoms with van der Waals surface area (Å²) in [7, 11) is 7.45. The summed E-state index contributed by atoms with van der Waals surface area (Å²) in [5.74, 6) is 2.43. The van der Waals surface area contributed by atoms with Crippen molar-refractivity contribution in [2.45, 2.75) is 26.2 Å². The van der Waals surface area contributed by atoms with E-state index in [-0.39, 0.29) is 0 Å². The minimum absolute atomic E-state index is 0.332. The van der Waals surface area contributed by atoms with E-state index in [1.807, 2.05) is 24.4 Å². The van der Waals surface area contributed by atoms with Crippen LogP contribution in [-0.2, 0) is 0 Å². The van der Waals surface area contributed by atoms with Gasteiger partial charge in [-0.3, -0.25) is 0 Å². The summed E-state index contributed by atoms with van der Waals surface area (Å²) in [5.41, 5.74) is 6.76. The van der Waals surface area contributed by atoms with Gasteiger partial charge in [0.05, 0.1) is 26.5 Å². The first-order valence-corrected chi connectivity index (χ1v) is 12.0. The third-order valence-corrected chi connectivity index (χ3v) is 6.16. The summed E-state index contributed by atoms with van der Waals surface area (Å²) in [5, 5.41) is 1.21. The summed E-state index contributed by atoms with van der Waals surface area (Å²) in [6, 6.07) is 16.6. The van der Waals surface area contributed by atoms with E-state index in [2.05, 4.69) is 73.1 Å². The molecule has 2 heterocycles. The Morgan fingerprint density at radius 2 is 1.63 bits per heavy atom. The van der Waals surface area contributed by atoms with Crippen LogP contribution in [0.15, 0.2) is 54.7 Å². The van der Waals surface area contributed by atoms with Crippen molar-refractivity contribution in [2.24, 2.45) is 0 Å². The molecule has 0 aliphatic carbocycles. The van der Waals surface area contributed by atoms with E-state index in [9.17, 15) is 0 Å². The van der Waals surface area contributed by atoms with Crippen molar-refractivity contribution in [2.75, 3.05) is 41.5 Å². The highest BCUT2D eigenvalue weighted by atomic mass is 16.5. The number of benzene rings is 2. The highest BCUT2D eigenvalue weighted by Crippen LogP contribution is 2.40. The van der Waals surface area contributed by atoms with E-state index in [1.165, 1.54) is 10.9 Å². The number of nitrogens with zero attached hydrogens (tertiary/aromatic N) is 2. The Morgan fingerprint density at radius 1 is 0.886 bits per heavy atom. The lowest BCUT2D eigenvalue weighted by Gasteiger charge is -2.12. The maximum absolute atomic E-state index is 5.79. The molecule has 0 saturated heterocycles. The van der Waals surface area contributed by atoms with Gasteiger partial charge in [0.1, 0.15) is 0 Å². The number of rotatable bonds is 10. The largest absolute Gasteiger partial charge is 0.493 e. The Kier molecular flexibility index (Phi) is 7.61. The molecule has 0 spiro atoms. The van der Waals surface area contributed by atoms with Crippen LogP contribution in [-0.4, -0.2) is 56.3 Å². The number of hydrogen-bond acceptors (Lipinski definition) is 5. The van der Waals surface area contributed by atoms with Gasteiger partial charge in [-0.05, 0) is 74.0 Å². The highest BCUT2D eigenvalue weighted by molar-refractivity contribution is 5.94. The topological polar surface area (TPSA) is 59.6 Å². The molecule has 0 radical (unpaired) electrons.